The summed E-state index contributed by atoms with van der Waals surface area (Å²) in [7, 11) is 0. The molecule has 2 atom stereocenters. The van der Waals surface area contributed by atoms with E-state index in [0.29, 0.717) is 23.0 Å². The van der Waals surface area contributed by atoms with E-state index in [2.05, 4.69) is 107 Å². The van der Waals surface area contributed by atoms with Crippen LogP contribution >= 0.6 is 0 Å². The molecule has 20 nitrogen and oxygen atoms in total. The Morgan fingerprint density at radius 1 is 0.355 bits per heavy atom. The summed E-state index contributed by atoms with van der Waals surface area (Å²) in [6, 6.07) is 33.7. The average molecular weight is 1490 g/mol. The molecule has 9 aromatic carbocycles. The van der Waals surface area contributed by atoms with Crippen molar-refractivity contribution >= 4 is 90.5 Å². The van der Waals surface area contributed by atoms with Crippen molar-refractivity contribution in [2.75, 3.05) is 52.7 Å². The van der Waals surface area contributed by atoms with Crippen LogP contribution in [0.15, 0.2) is 146 Å². The summed E-state index contributed by atoms with van der Waals surface area (Å²) in [4.78, 5) is 121. The normalized spacial score (nSPS) is 13.9. The first kappa shape index (κ1) is 80.1. The number of nitrogens with zero attached hydrogens (tertiary/aromatic N) is 2. The summed E-state index contributed by atoms with van der Waals surface area (Å²) in [6.07, 6.45) is 0. The molecule has 11 rings (SSSR count). The number of amides is 6. The van der Waals surface area contributed by atoms with Crippen molar-refractivity contribution in [3.8, 4) is 46.0 Å². The van der Waals surface area contributed by atoms with E-state index in [1.54, 1.807) is 52.0 Å². The van der Waals surface area contributed by atoms with E-state index >= 15 is 19.2 Å². The first-order valence-corrected chi connectivity index (χ1v) is 37.4. The first-order valence-electron chi connectivity index (χ1n) is 37.4. The predicted octanol–water partition coefficient (Wildman–Crippen LogP) is 17.8. The molecule has 9 aromatic rings. The van der Waals surface area contributed by atoms with Crippen LogP contribution in [0.1, 0.15) is 188 Å². The quantitative estimate of drug-likeness (QED) is 0.0116. The highest BCUT2D eigenvalue weighted by Gasteiger charge is 2.47. The molecule has 0 fully saturated rings. The largest absolute Gasteiger partial charge is 0.460 e. The SMILES string of the molecule is C=C(C)C(=O)OCCOCCNC(=O)C(C(C)C)N1C(=O)c2cc(Oc3ccc(C(C)(C)C)cc3)c3c4c(Oc5ccc(C(C)(C)C)cc5)cc5c6c(cc(Oc7ccc(C(C)(C)C)cc7)c(c7c(Oc8ccc(C(C)(C)C)cc8)cc(c2c37)C1=O)c64)C(=O)N(C(C(=O)NCCOCCOC(=O)C(=C)C)C(C)C)C5=O. The van der Waals surface area contributed by atoms with Crippen LogP contribution in [-0.2, 0) is 59.8 Å². The molecule has 0 saturated carbocycles. The maximum atomic E-state index is 16.4. The van der Waals surface area contributed by atoms with Gasteiger partial charge in [-0.05, 0) is 142 Å². The third-order valence-corrected chi connectivity index (χ3v) is 19.8. The van der Waals surface area contributed by atoms with Gasteiger partial charge >= 0.3 is 11.9 Å². The van der Waals surface area contributed by atoms with Crippen molar-refractivity contribution in [1.29, 1.82) is 0 Å². The number of carbonyl (C=O) groups is 8. The van der Waals surface area contributed by atoms with Crippen molar-refractivity contribution in [1.82, 2.24) is 20.4 Å². The summed E-state index contributed by atoms with van der Waals surface area (Å²) in [5.74, 6) is -5.41. The van der Waals surface area contributed by atoms with Crippen LogP contribution in [0, 0.1) is 11.8 Å². The molecule has 0 spiro atoms. The minimum absolute atomic E-state index is 0.00180. The zero-order valence-electron chi connectivity index (χ0n) is 66.4. The topological polar surface area (TPSA) is 241 Å². The molecule has 0 radical (unpaired) electrons. The molecule has 2 heterocycles. The van der Waals surface area contributed by atoms with Gasteiger partial charge in [0.2, 0.25) is 11.8 Å². The maximum Gasteiger partial charge on any atom is 0.333 e. The summed E-state index contributed by atoms with van der Waals surface area (Å²) in [5, 5.41) is 7.71. The van der Waals surface area contributed by atoms with Gasteiger partial charge < -0.3 is 48.5 Å². The third kappa shape index (κ3) is 16.5. The summed E-state index contributed by atoms with van der Waals surface area (Å²) < 4.78 is 51.1. The monoisotopic (exact) mass is 1490 g/mol. The minimum Gasteiger partial charge on any atom is -0.460 e. The lowest BCUT2D eigenvalue weighted by Crippen LogP contribution is -2.56. The molecule has 110 heavy (non-hydrogen) atoms. The molecule has 576 valence electrons. The van der Waals surface area contributed by atoms with Gasteiger partial charge in [-0.25, -0.2) is 9.59 Å². The number of rotatable bonds is 28. The highest BCUT2D eigenvalue weighted by Crippen LogP contribution is 2.58. The van der Waals surface area contributed by atoms with E-state index in [0.717, 1.165) is 32.1 Å². The highest BCUT2D eigenvalue weighted by atomic mass is 16.6. The average Bonchev–Trinajstić information content (AvgIpc) is 0.670. The van der Waals surface area contributed by atoms with Crippen LogP contribution < -0.4 is 29.6 Å². The minimum atomic E-state index is -1.40. The van der Waals surface area contributed by atoms with E-state index in [1.807, 2.05) is 97.1 Å². The molecule has 2 aliphatic rings. The van der Waals surface area contributed by atoms with Gasteiger partial charge in [0.1, 0.15) is 71.3 Å². The number of imide groups is 2. The van der Waals surface area contributed by atoms with E-state index in [9.17, 15) is 19.2 Å². The van der Waals surface area contributed by atoms with Gasteiger partial charge in [0.25, 0.3) is 23.6 Å². The van der Waals surface area contributed by atoms with Crippen molar-refractivity contribution in [3.63, 3.8) is 0 Å². The third-order valence-electron chi connectivity index (χ3n) is 19.8. The highest BCUT2D eigenvalue weighted by molar-refractivity contribution is 6.45. The Morgan fingerprint density at radius 2 is 0.591 bits per heavy atom. The van der Waals surface area contributed by atoms with Crippen LogP contribution in [0.5, 0.6) is 46.0 Å². The van der Waals surface area contributed by atoms with Crippen molar-refractivity contribution in [2.45, 2.75) is 158 Å². The van der Waals surface area contributed by atoms with Crippen LogP contribution in [0.4, 0.5) is 0 Å². The van der Waals surface area contributed by atoms with E-state index < -0.39 is 71.3 Å². The van der Waals surface area contributed by atoms with Gasteiger partial charge in [-0.3, -0.25) is 38.6 Å². The molecular formula is C90H100N4O16. The second-order valence-electron chi connectivity index (χ2n) is 33.2. The lowest BCUT2D eigenvalue weighted by molar-refractivity contribution is -0.141. The second-order valence-corrected chi connectivity index (χ2v) is 33.2. The fourth-order valence-electron chi connectivity index (χ4n) is 13.9. The molecule has 2 aliphatic heterocycles. The van der Waals surface area contributed by atoms with Gasteiger partial charge in [0.05, 0.1) is 48.7 Å². The fourth-order valence-corrected chi connectivity index (χ4v) is 13.9. The Balaban J connectivity index is 1.23. The standard InChI is InChI=1S/C90H100N4O16/c1-49(2)77(79(95)91-37-39-103-41-43-105-85(101)51(5)6)93-81(97)61-45-65(107-57-29-21-53(22-30-57)87(9,10)11)71-73-67(109-59-33-25-55(26-34-59)89(15,16)17)47-63-70-64(84(100)94(83(63)99)78(50(3)4)80(96)92-38-40-104-42-44-106-86(102)52(7)8)48-68(110-60-35-27-56(28-36-60)90(18,19)20)74(76(70)73)72-66(46-62(82(93)98)69(61)75(71)72)108-58-31-23-54(24-32-58)88(12,13)14/h21-36,45-50,77-78H,5,7,37-44H2,1-4,6,8-20H3,(H,91,95)(H,92,96). The van der Waals surface area contributed by atoms with Gasteiger partial charge in [-0.1, -0.05) is 172 Å². The molecule has 2 N–H and O–H groups in total. The summed E-state index contributed by atoms with van der Waals surface area (Å²) in [6.45, 7) is 42.3. The number of nitrogens with one attached hydrogen (secondary N) is 2. The summed E-state index contributed by atoms with van der Waals surface area (Å²) >= 11 is 0. The van der Waals surface area contributed by atoms with E-state index in [4.69, 9.17) is 37.9 Å². The zero-order chi connectivity index (χ0) is 80.0. The van der Waals surface area contributed by atoms with Crippen molar-refractivity contribution in [2.24, 2.45) is 11.8 Å². The maximum absolute atomic E-state index is 16.4. The first-order chi connectivity index (χ1) is 51.8. The Bertz CT molecular complexity index is 4560. The van der Waals surface area contributed by atoms with Crippen LogP contribution in [0.3, 0.4) is 0 Å². The molecule has 0 aliphatic carbocycles. The van der Waals surface area contributed by atoms with Crippen molar-refractivity contribution < 1.29 is 76.3 Å². The molecule has 2 unspecified atom stereocenters. The Labute approximate surface area is 643 Å². The lowest BCUT2D eigenvalue weighted by Gasteiger charge is -2.37. The van der Waals surface area contributed by atoms with Gasteiger partial charge in [-0.15, -0.1) is 0 Å². The number of hydrogen-bond acceptors (Lipinski definition) is 16. The van der Waals surface area contributed by atoms with Crippen LogP contribution in [0.2, 0.25) is 0 Å². The van der Waals surface area contributed by atoms with Crippen LogP contribution in [0.25, 0.3) is 43.1 Å². The molecule has 0 bridgehead atoms. The number of benzene rings is 9. The van der Waals surface area contributed by atoms with E-state index in [1.165, 1.54) is 13.8 Å². The number of esters is 2. The smallest absolute Gasteiger partial charge is 0.333 e. The Morgan fingerprint density at radius 3 is 0.800 bits per heavy atom. The number of carbonyl (C=O) groups excluding carboxylic acids is 8. The van der Waals surface area contributed by atoms with Gasteiger partial charge in [0, 0.05) is 67.3 Å². The van der Waals surface area contributed by atoms with Gasteiger partial charge in [-0.2, -0.15) is 0 Å². The van der Waals surface area contributed by atoms with Gasteiger partial charge in [0.15, 0.2) is 0 Å². The second kappa shape index (κ2) is 31.6. The molecular weight excluding hydrogens is 1390 g/mol. The summed E-state index contributed by atoms with van der Waals surface area (Å²) in [5.41, 5.74) is 3.26. The number of hydrogen-bond donors (Lipinski definition) is 2. The molecule has 0 saturated heterocycles. The number of ether oxygens (including phenoxy) is 8. The molecule has 0 aromatic heterocycles. The fraction of sp³-hybridized carbons (Fsp3) is 0.378. The van der Waals surface area contributed by atoms with Crippen molar-refractivity contribution in [3.05, 3.63) is 190 Å². The molecule has 20 heteroatoms. The predicted molar refractivity (Wildman–Crippen MR) is 426 cm³/mol. The Kier molecular flexibility index (Phi) is 23.0. The Hall–Kier alpha value is -11.0. The lowest BCUT2D eigenvalue weighted by atomic mass is 9.80. The van der Waals surface area contributed by atoms with Crippen LogP contribution in [-0.4, -0.2) is 122 Å². The molecule has 6 amide bonds. The zero-order valence-corrected chi connectivity index (χ0v) is 66.4. The van der Waals surface area contributed by atoms with E-state index in [-0.39, 0.29) is 174 Å². The number of fused-ring (bicyclic) bond motifs is 2.